The van der Waals surface area contributed by atoms with E-state index in [9.17, 15) is 9.59 Å². The van der Waals surface area contributed by atoms with Crippen LogP contribution in [0.15, 0.2) is 59.2 Å². The molecule has 0 aliphatic heterocycles. The summed E-state index contributed by atoms with van der Waals surface area (Å²) in [7, 11) is 0. The van der Waals surface area contributed by atoms with Crippen LogP contribution in [-0.4, -0.2) is 11.6 Å². The summed E-state index contributed by atoms with van der Waals surface area (Å²) in [5.74, 6) is -0.226. The third-order valence-electron chi connectivity index (χ3n) is 3.97. The molecule has 1 aromatic carbocycles. The zero-order valence-electron chi connectivity index (χ0n) is 11.8. The lowest BCUT2D eigenvalue weighted by molar-refractivity contribution is -0.130. The third-order valence-corrected chi connectivity index (χ3v) is 3.97. The molecule has 3 heteroatoms. The van der Waals surface area contributed by atoms with Gasteiger partial charge in [0.25, 0.3) is 0 Å². The second kappa shape index (κ2) is 5.52. The second-order valence-electron chi connectivity index (χ2n) is 5.36. The molecular formula is C18H16O3. The van der Waals surface area contributed by atoms with E-state index in [1.807, 2.05) is 36.4 Å². The van der Waals surface area contributed by atoms with Crippen LogP contribution in [0.25, 0.3) is 5.57 Å². The van der Waals surface area contributed by atoms with Gasteiger partial charge in [-0.2, -0.15) is 0 Å². The molecule has 0 saturated heterocycles. The van der Waals surface area contributed by atoms with Gasteiger partial charge >= 0.3 is 0 Å². The lowest BCUT2D eigenvalue weighted by Gasteiger charge is -2.28. The number of hydrogen-bond acceptors (Lipinski definition) is 3. The molecule has 0 spiro atoms. The van der Waals surface area contributed by atoms with Crippen LogP contribution in [0.5, 0.6) is 0 Å². The average Bonchev–Trinajstić information content (AvgIpc) is 3.01. The number of carbonyl (C=O) groups is 2. The second-order valence-corrected chi connectivity index (χ2v) is 5.36. The van der Waals surface area contributed by atoms with Crippen LogP contribution in [0, 0.1) is 5.92 Å². The number of hydrogen-bond donors (Lipinski definition) is 0. The van der Waals surface area contributed by atoms with Crippen molar-refractivity contribution >= 4 is 17.1 Å². The maximum atomic E-state index is 12.4. The van der Waals surface area contributed by atoms with E-state index in [-0.39, 0.29) is 17.5 Å². The van der Waals surface area contributed by atoms with Gasteiger partial charge in [-0.1, -0.05) is 30.3 Å². The number of carbonyl (C=O) groups excluding carboxylic acids is 2. The summed E-state index contributed by atoms with van der Waals surface area (Å²) in [5, 5.41) is 0. The molecule has 1 heterocycles. The molecule has 3 rings (SSSR count). The van der Waals surface area contributed by atoms with Crippen LogP contribution in [0.3, 0.4) is 0 Å². The monoisotopic (exact) mass is 280 g/mol. The van der Waals surface area contributed by atoms with Gasteiger partial charge in [0.2, 0.25) is 0 Å². The molecule has 1 aliphatic carbocycles. The first kappa shape index (κ1) is 13.6. The van der Waals surface area contributed by atoms with E-state index in [0.717, 1.165) is 11.1 Å². The van der Waals surface area contributed by atoms with Crippen LogP contribution in [-0.2, 0) is 9.59 Å². The van der Waals surface area contributed by atoms with E-state index in [4.69, 9.17) is 4.42 Å². The standard InChI is InChI=1S/C18H16O3/c1-12(19)18-15(13-6-3-2-4-7-13)10-14(11-16(18)20)17-8-5-9-21-17/h2-9,11,15,18H,10H2,1H3/t15-,18-/m1/s1. The Labute approximate surface area is 123 Å². The van der Waals surface area contributed by atoms with Gasteiger partial charge in [-0.15, -0.1) is 0 Å². The van der Waals surface area contributed by atoms with Crippen molar-refractivity contribution in [3.8, 4) is 0 Å². The molecule has 2 atom stereocenters. The Balaban J connectivity index is 2.03. The molecule has 21 heavy (non-hydrogen) atoms. The minimum Gasteiger partial charge on any atom is -0.465 e. The van der Waals surface area contributed by atoms with Gasteiger partial charge in [-0.25, -0.2) is 0 Å². The van der Waals surface area contributed by atoms with Crippen LogP contribution in [0.4, 0.5) is 0 Å². The van der Waals surface area contributed by atoms with E-state index < -0.39 is 5.92 Å². The molecule has 1 aromatic heterocycles. The summed E-state index contributed by atoms with van der Waals surface area (Å²) in [4.78, 5) is 24.3. The Morgan fingerprint density at radius 3 is 2.52 bits per heavy atom. The van der Waals surface area contributed by atoms with Gasteiger partial charge in [-0.3, -0.25) is 9.59 Å². The molecule has 1 aliphatic rings. The van der Waals surface area contributed by atoms with Crippen LogP contribution in [0.2, 0.25) is 0 Å². The molecule has 0 N–H and O–H groups in total. The topological polar surface area (TPSA) is 47.3 Å². The SMILES string of the molecule is CC(=O)[C@H]1C(=O)C=C(c2ccco2)C[C@@H]1c1ccccc1. The Bertz CT molecular complexity index is 681. The number of rotatable bonds is 3. The van der Waals surface area contributed by atoms with Crippen molar-refractivity contribution in [3.05, 3.63) is 66.1 Å². The first-order chi connectivity index (χ1) is 10.2. The predicted octanol–water partition coefficient (Wildman–Crippen LogP) is 3.62. The average molecular weight is 280 g/mol. The van der Waals surface area contributed by atoms with Crippen molar-refractivity contribution in [1.82, 2.24) is 0 Å². The Hall–Kier alpha value is -2.42. The van der Waals surface area contributed by atoms with Gasteiger partial charge in [0, 0.05) is 5.92 Å². The smallest absolute Gasteiger partial charge is 0.167 e. The molecule has 0 bridgehead atoms. The Morgan fingerprint density at radius 2 is 1.90 bits per heavy atom. The normalized spacial score (nSPS) is 22.0. The highest BCUT2D eigenvalue weighted by Gasteiger charge is 2.37. The zero-order chi connectivity index (χ0) is 14.8. The van der Waals surface area contributed by atoms with Crippen molar-refractivity contribution in [2.45, 2.75) is 19.3 Å². The summed E-state index contributed by atoms with van der Waals surface area (Å²) in [5.41, 5.74) is 1.87. The molecule has 0 unspecified atom stereocenters. The number of benzene rings is 1. The summed E-state index contributed by atoms with van der Waals surface area (Å²) in [6.45, 7) is 1.49. The summed E-state index contributed by atoms with van der Waals surface area (Å²) < 4.78 is 5.40. The highest BCUT2D eigenvalue weighted by Crippen LogP contribution is 2.40. The summed E-state index contributed by atoms with van der Waals surface area (Å²) in [6, 6.07) is 13.4. The van der Waals surface area contributed by atoms with Crippen LogP contribution >= 0.6 is 0 Å². The minimum atomic E-state index is -0.592. The van der Waals surface area contributed by atoms with Gasteiger partial charge in [0.15, 0.2) is 5.78 Å². The maximum Gasteiger partial charge on any atom is 0.167 e. The molecule has 106 valence electrons. The van der Waals surface area contributed by atoms with Crippen LogP contribution < -0.4 is 0 Å². The first-order valence-corrected chi connectivity index (χ1v) is 7.00. The molecular weight excluding hydrogens is 264 g/mol. The molecule has 0 fully saturated rings. The van der Waals surface area contributed by atoms with Crippen molar-refractivity contribution in [2.24, 2.45) is 5.92 Å². The first-order valence-electron chi connectivity index (χ1n) is 7.00. The van der Waals surface area contributed by atoms with Gasteiger partial charge in [0.05, 0.1) is 12.2 Å². The van der Waals surface area contributed by atoms with Crippen molar-refractivity contribution in [1.29, 1.82) is 0 Å². The number of furan rings is 1. The molecule has 0 amide bonds. The van der Waals surface area contributed by atoms with E-state index in [1.165, 1.54) is 6.92 Å². The van der Waals surface area contributed by atoms with E-state index in [1.54, 1.807) is 18.4 Å². The Kier molecular flexibility index (Phi) is 3.57. The molecule has 0 radical (unpaired) electrons. The van der Waals surface area contributed by atoms with Crippen LogP contribution in [0.1, 0.15) is 30.6 Å². The highest BCUT2D eigenvalue weighted by molar-refractivity contribution is 6.11. The third kappa shape index (κ3) is 2.59. The summed E-state index contributed by atoms with van der Waals surface area (Å²) >= 11 is 0. The predicted molar refractivity (Wildman–Crippen MR) is 79.7 cm³/mol. The minimum absolute atomic E-state index is 0.0800. The zero-order valence-corrected chi connectivity index (χ0v) is 11.8. The Morgan fingerprint density at radius 1 is 1.14 bits per heavy atom. The fourth-order valence-electron chi connectivity index (χ4n) is 3.00. The number of allylic oxidation sites excluding steroid dienone is 2. The fourth-order valence-corrected chi connectivity index (χ4v) is 3.00. The highest BCUT2D eigenvalue weighted by atomic mass is 16.3. The summed E-state index contributed by atoms with van der Waals surface area (Å²) in [6.07, 6.45) is 3.78. The van der Waals surface area contributed by atoms with E-state index >= 15 is 0 Å². The van der Waals surface area contributed by atoms with Crippen molar-refractivity contribution < 1.29 is 14.0 Å². The van der Waals surface area contributed by atoms with Gasteiger partial charge < -0.3 is 4.42 Å². The van der Waals surface area contributed by atoms with Gasteiger partial charge in [0.1, 0.15) is 11.5 Å². The lowest BCUT2D eigenvalue weighted by Crippen LogP contribution is -2.31. The number of ketones is 2. The van der Waals surface area contributed by atoms with E-state index in [2.05, 4.69) is 0 Å². The number of Topliss-reactive ketones (excluding diaryl/α,β-unsaturated/α-hetero) is 1. The van der Waals surface area contributed by atoms with Crippen molar-refractivity contribution in [2.75, 3.05) is 0 Å². The van der Waals surface area contributed by atoms with E-state index in [0.29, 0.717) is 12.2 Å². The lowest BCUT2D eigenvalue weighted by atomic mass is 9.73. The molecule has 2 aromatic rings. The maximum absolute atomic E-state index is 12.4. The fraction of sp³-hybridized carbons (Fsp3) is 0.222. The van der Waals surface area contributed by atoms with Crippen molar-refractivity contribution in [3.63, 3.8) is 0 Å². The van der Waals surface area contributed by atoms with Gasteiger partial charge in [-0.05, 0) is 42.7 Å². The molecule has 0 saturated carbocycles. The quantitative estimate of drug-likeness (QED) is 0.807. The largest absolute Gasteiger partial charge is 0.465 e. The molecule has 3 nitrogen and oxygen atoms in total.